The second-order valence-electron chi connectivity index (χ2n) is 6.30. The van der Waals surface area contributed by atoms with E-state index < -0.39 is 6.10 Å². The largest absolute Gasteiger partial charge is 0.391 e. The van der Waals surface area contributed by atoms with Crippen LogP contribution in [-0.4, -0.2) is 23.2 Å². The van der Waals surface area contributed by atoms with Gasteiger partial charge in [-0.2, -0.15) is 0 Å². The number of hydrogen-bond acceptors (Lipinski definition) is 2. The normalized spacial score (nSPS) is 23.2. The zero-order valence-corrected chi connectivity index (χ0v) is 13.0. The molecule has 2 N–H and O–H groups in total. The lowest BCUT2D eigenvalue weighted by Gasteiger charge is -2.29. The Morgan fingerprint density at radius 2 is 1.86 bits per heavy atom. The van der Waals surface area contributed by atoms with Crippen LogP contribution in [0.15, 0.2) is 42.5 Å². The number of nitrogens with one attached hydrogen (secondary N) is 1. The molecule has 1 aliphatic rings. The zero-order chi connectivity index (χ0) is 15.5. The Morgan fingerprint density at radius 1 is 1.14 bits per heavy atom. The quantitative estimate of drug-likeness (QED) is 0.912. The molecule has 0 aliphatic heterocycles. The molecule has 1 aliphatic carbocycles. The van der Waals surface area contributed by atoms with Crippen molar-refractivity contribution in [3.05, 3.63) is 48.0 Å². The highest BCUT2D eigenvalue weighted by molar-refractivity contribution is 5.87. The predicted molar refractivity (Wildman–Crippen MR) is 88.8 cm³/mol. The van der Waals surface area contributed by atoms with Crippen molar-refractivity contribution < 1.29 is 9.90 Å². The maximum Gasteiger partial charge on any atom is 0.227 e. The van der Waals surface area contributed by atoms with Crippen LogP contribution in [0.3, 0.4) is 0 Å². The average Bonchev–Trinajstić information content (AvgIpc) is 2.55. The molecule has 22 heavy (non-hydrogen) atoms. The Labute approximate surface area is 131 Å². The van der Waals surface area contributed by atoms with Crippen LogP contribution in [0.25, 0.3) is 10.8 Å². The van der Waals surface area contributed by atoms with E-state index in [1.807, 2.05) is 25.1 Å². The van der Waals surface area contributed by atoms with Crippen LogP contribution >= 0.6 is 0 Å². The molecule has 3 rings (SSSR count). The van der Waals surface area contributed by atoms with E-state index in [0.29, 0.717) is 0 Å². The molecule has 1 fully saturated rings. The van der Waals surface area contributed by atoms with Gasteiger partial charge in [-0.25, -0.2) is 0 Å². The summed E-state index contributed by atoms with van der Waals surface area (Å²) in [7, 11) is 0. The van der Waals surface area contributed by atoms with Gasteiger partial charge in [0.05, 0.1) is 18.1 Å². The third-order valence-electron chi connectivity index (χ3n) is 4.72. The lowest BCUT2D eigenvalue weighted by Crippen LogP contribution is -2.46. The van der Waals surface area contributed by atoms with E-state index >= 15 is 0 Å². The molecule has 0 spiro atoms. The number of aliphatic hydroxyl groups is 1. The third kappa shape index (κ3) is 3.14. The number of rotatable bonds is 3. The highest BCUT2D eigenvalue weighted by Crippen LogP contribution is 2.23. The fourth-order valence-electron chi connectivity index (χ4n) is 3.22. The van der Waals surface area contributed by atoms with E-state index in [1.165, 1.54) is 5.39 Å². The first-order valence-electron chi connectivity index (χ1n) is 8.12. The molecule has 0 saturated heterocycles. The Hall–Kier alpha value is -1.87. The van der Waals surface area contributed by atoms with Crippen molar-refractivity contribution in [1.29, 1.82) is 0 Å². The Kier molecular flexibility index (Phi) is 4.44. The summed E-state index contributed by atoms with van der Waals surface area (Å²) in [5, 5.41) is 15.4. The molecule has 0 aromatic heterocycles. The van der Waals surface area contributed by atoms with E-state index in [9.17, 15) is 9.90 Å². The van der Waals surface area contributed by atoms with Gasteiger partial charge in [0.15, 0.2) is 0 Å². The summed E-state index contributed by atoms with van der Waals surface area (Å²) in [4.78, 5) is 12.5. The van der Waals surface area contributed by atoms with E-state index in [1.54, 1.807) is 0 Å². The van der Waals surface area contributed by atoms with E-state index in [0.717, 1.165) is 36.6 Å². The van der Waals surface area contributed by atoms with Crippen LogP contribution in [0, 0.1) is 0 Å². The van der Waals surface area contributed by atoms with Crippen LogP contribution in [0.5, 0.6) is 0 Å². The molecule has 3 atom stereocenters. The SMILES string of the molecule is CC(C(=O)NC1CCCCC1O)c1ccc2ccccc2c1. The minimum absolute atomic E-state index is 0.00114. The topological polar surface area (TPSA) is 49.3 Å². The van der Waals surface area contributed by atoms with E-state index in [2.05, 4.69) is 29.6 Å². The molecular weight excluding hydrogens is 274 g/mol. The van der Waals surface area contributed by atoms with E-state index in [-0.39, 0.29) is 17.9 Å². The summed E-state index contributed by atoms with van der Waals surface area (Å²) in [6.07, 6.45) is 3.38. The lowest BCUT2D eigenvalue weighted by atomic mass is 9.91. The minimum Gasteiger partial charge on any atom is -0.391 e. The van der Waals surface area contributed by atoms with Crippen molar-refractivity contribution in [2.75, 3.05) is 0 Å². The van der Waals surface area contributed by atoms with Gasteiger partial charge in [0.1, 0.15) is 0 Å². The Balaban J connectivity index is 1.73. The zero-order valence-electron chi connectivity index (χ0n) is 13.0. The maximum absolute atomic E-state index is 12.5. The van der Waals surface area contributed by atoms with Gasteiger partial charge in [-0.15, -0.1) is 0 Å². The number of aliphatic hydroxyl groups excluding tert-OH is 1. The second-order valence-corrected chi connectivity index (χ2v) is 6.30. The van der Waals surface area contributed by atoms with Gasteiger partial charge in [-0.1, -0.05) is 55.3 Å². The smallest absolute Gasteiger partial charge is 0.227 e. The summed E-state index contributed by atoms with van der Waals surface area (Å²) in [5.74, 6) is -0.208. The van der Waals surface area contributed by atoms with Crippen molar-refractivity contribution in [3.8, 4) is 0 Å². The lowest BCUT2D eigenvalue weighted by molar-refractivity contribution is -0.124. The van der Waals surface area contributed by atoms with Crippen molar-refractivity contribution >= 4 is 16.7 Å². The Bertz CT molecular complexity index is 667. The van der Waals surface area contributed by atoms with E-state index in [4.69, 9.17) is 0 Å². The van der Waals surface area contributed by atoms with Crippen molar-refractivity contribution in [2.24, 2.45) is 0 Å². The maximum atomic E-state index is 12.5. The van der Waals surface area contributed by atoms with Crippen LogP contribution in [-0.2, 0) is 4.79 Å². The average molecular weight is 297 g/mol. The molecule has 2 aromatic rings. The van der Waals surface area contributed by atoms with Crippen molar-refractivity contribution in [2.45, 2.75) is 50.7 Å². The van der Waals surface area contributed by atoms with Gasteiger partial charge in [-0.3, -0.25) is 4.79 Å². The summed E-state index contributed by atoms with van der Waals surface area (Å²) < 4.78 is 0. The van der Waals surface area contributed by atoms with Crippen LogP contribution in [0.4, 0.5) is 0 Å². The fourth-order valence-corrected chi connectivity index (χ4v) is 3.22. The molecule has 116 valence electrons. The predicted octanol–water partition coefficient (Wildman–Crippen LogP) is 3.36. The molecule has 3 unspecified atom stereocenters. The number of hydrogen-bond donors (Lipinski definition) is 2. The van der Waals surface area contributed by atoms with Gasteiger partial charge in [0.25, 0.3) is 0 Å². The summed E-state index contributed by atoms with van der Waals surface area (Å²) >= 11 is 0. The summed E-state index contributed by atoms with van der Waals surface area (Å²) in [5.41, 5.74) is 1.02. The number of amides is 1. The molecule has 1 saturated carbocycles. The van der Waals surface area contributed by atoms with Crippen LogP contribution in [0.2, 0.25) is 0 Å². The first-order valence-corrected chi connectivity index (χ1v) is 8.12. The number of benzene rings is 2. The third-order valence-corrected chi connectivity index (χ3v) is 4.72. The molecule has 0 heterocycles. The summed E-state index contributed by atoms with van der Waals surface area (Å²) in [6.45, 7) is 1.93. The molecular formula is C19H23NO2. The van der Waals surface area contributed by atoms with Gasteiger partial charge in [-0.05, 0) is 36.1 Å². The number of carbonyl (C=O) groups is 1. The Morgan fingerprint density at radius 3 is 2.64 bits per heavy atom. The molecule has 1 amide bonds. The van der Waals surface area contributed by atoms with Gasteiger partial charge >= 0.3 is 0 Å². The number of carbonyl (C=O) groups excluding carboxylic acids is 1. The van der Waals surface area contributed by atoms with Gasteiger partial charge in [0.2, 0.25) is 5.91 Å². The van der Waals surface area contributed by atoms with Crippen molar-refractivity contribution in [3.63, 3.8) is 0 Å². The highest BCUT2D eigenvalue weighted by atomic mass is 16.3. The van der Waals surface area contributed by atoms with Crippen LogP contribution in [0.1, 0.15) is 44.1 Å². The standard InChI is InChI=1S/C19H23NO2/c1-13(19(22)20-17-8-4-5-9-18(17)21)15-11-10-14-6-2-3-7-16(14)12-15/h2-3,6-7,10-13,17-18,21H,4-5,8-9H2,1H3,(H,20,22). The molecule has 3 heteroatoms. The minimum atomic E-state index is -0.401. The number of fused-ring (bicyclic) bond motifs is 1. The van der Waals surface area contributed by atoms with Crippen molar-refractivity contribution in [1.82, 2.24) is 5.32 Å². The molecule has 3 nitrogen and oxygen atoms in total. The first-order chi connectivity index (χ1) is 10.6. The monoisotopic (exact) mass is 297 g/mol. The molecule has 0 radical (unpaired) electrons. The molecule has 0 bridgehead atoms. The first kappa shape index (κ1) is 15.0. The van der Waals surface area contributed by atoms with Gasteiger partial charge in [0, 0.05) is 0 Å². The van der Waals surface area contributed by atoms with Gasteiger partial charge < -0.3 is 10.4 Å². The highest BCUT2D eigenvalue weighted by Gasteiger charge is 2.26. The summed E-state index contributed by atoms with van der Waals surface area (Å²) in [6, 6.07) is 14.2. The van der Waals surface area contributed by atoms with Crippen LogP contribution < -0.4 is 5.32 Å². The second kappa shape index (κ2) is 6.49. The fraction of sp³-hybridized carbons (Fsp3) is 0.421. The molecule has 2 aromatic carbocycles.